The van der Waals surface area contributed by atoms with Crippen molar-refractivity contribution in [3.05, 3.63) is 53.5 Å². The molecule has 0 amide bonds. The number of benzene rings is 1. The molecule has 1 saturated heterocycles. The highest BCUT2D eigenvalue weighted by Gasteiger charge is 2.40. The highest BCUT2D eigenvalue weighted by molar-refractivity contribution is 7.89. The quantitative estimate of drug-likeness (QED) is 0.591. The van der Waals surface area contributed by atoms with Crippen molar-refractivity contribution in [1.82, 2.24) is 4.31 Å². The first-order chi connectivity index (χ1) is 15.1. The maximum Gasteiger partial charge on any atom is 0.417 e. The number of hydrogen-bond acceptors (Lipinski definition) is 7. The zero-order valence-electron chi connectivity index (χ0n) is 16.9. The van der Waals surface area contributed by atoms with Gasteiger partial charge in [0.2, 0.25) is 15.8 Å². The van der Waals surface area contributed by atoms with Gasteiger partial charge in [-0.05, 0) is 31.0 Å². The van der Waals surface area contributed by atoms with Gasteiger partial charge in [-0.1, -0.05) is 12.1 Å². The fourth-order valence-electron chi connectivity index (χ4n) is 3.38. The van der Waals surface area contributed by atoms with Crippen molar-refractivity contribution < 1.29 is 45.1 Å². The summed E-state index contributed by atoms with van der Waals surface area (Å²) in [5.41, 5.74) is -0.919. The highest BCUT2D eigenvalue weighted by atomic mass is 32.2. The lowest BCUT2D eigenvalue weighted by molar-refractivity contribution is -0.151. The van der Waals surface area contributed by atoms with Gasteiger partial charge >= 0.3 is 18.1 Å². The summed E-state index contributed by atoms with van der Waals surface area (Å²) in [7, 11) is -3.22. The highest BCUT2D eigenvalue weighted by Crippen LogP contribution is 2.36. The molecule has 0 radical (unpaired) electrons. The van der Waals surface area contributed by atoms with Crippen LogP contribution in [0.3, 0.4) is 0 Å². The van der Waals surface area contributed by atoms with Crippen molar-refractivity contribution in [2.75, 3.05) is 20.2 Å². The molecule has 1 aromatic carbocycles. The molecule has 0 bridgehead atoms. The number of halogens is 3. The van der Waals surface area contributed by atoms with Gasteiger partial charge in [-0.2, -0.15) is 17.5 Å². The number of hydrogen-bond donors (Lipinski definition) is 0. The summed E-state index contributed by atoms with van der Waals surface area (Å²) >= 11 is 0. The Labute approximate surface area is 181 Å². The van der Waals surface area contributed by atoms with E-state index in [9.17, 15) is 31.2 Å². The van der Waals surface area contributed by atoms with Gasteiger partial charge in [-0.15, -0.1) is 0 Å². The van der Waals surface area contributed by atoms with Crippen molar-refractivity contribution >= 4 is 22.0 Å². The molecule has 0 atom stereocenters. The van der Waals surface area contributed by atoms with Gasteiger partial charge in [0, 0.05) is 18.7 Å². The van der Waals surface area contributed by atoms with Gasteiger partial charge in [0.1, 0.15) is 6.61 Å². The molecule has 1 fully saturated rings. The maximum atomic E-state index is 13.2. The molecule has 0 aliphatic carbocycles. The number of alkyl halides is 3. The summed E-state index contributed by atoms with van der Waals surface area (Å²) in [6.45, 7) is -0.502. The minimum Gasteiger partial charge on any atom is -0.463 e. The van der Waals surface area contributed by atoms with E-state index in [2.05, 4.69) is 4.74 Å². The molecule has 1 aliphatic rings. The van der Waals surface area contributed by atoms with Crippen LogP contribution < -0.4 is 0 Å². The molecular weight excluding hydrogens is 455 g/mol. The van der Waals surface area contributed by atoms with Gasteiger partial charge < -0.3 is 13.9 Å². The Morgan fingerprint density at radius 1 is 1.16 bits per heavy atom. The molecule has 0 unspecified atom stereocenters. The molecular formula is C20H20F3NO7S. The SMILES string of the molecule is COC(=O)c1occc1COC(=O)C1CCN(S(=O)(=O)c2ccccc2C(F)(F)F)CC1. The zero-order chi connectivity index (χ0) is 23.5. The van der Waals surface area contributed by atoms with Gasteiger partial charge in [0.05, 0.1) is 29.7 Å². The summed E-state index contributed by atoms with van der Waals surface area (Å²) in [5, 5.41) is 0. The summed E-state index contributed by atoms with van der Waals surface area (Å²) in [6.07, 6.45) is -3.40. The molecule has 3 rings (SSSR count). The first kappa shape index (κ1) is 23.8. The minimum absolute atomic E-state index is 0.0848. The monoisotopic (exact) mass is 475 g/mol. The summed E-state index contributed by atoms with van der Waals surface area (Å²) in [6, 6.07) is 5.44. The predicted octanol–water partition coefficient (Wildman–Crippen LogP) is 3.23. The molecule has 0 N–H and O–H groups in total. The number of sulfonamides is 1. The number of carbonyl (C=O) groups is 2. The number of esters is 2. The van der Waals surface area contributed by atoms with Gasteiger partial charge in [-0.25, -0.2) is 13.2 Å². The number of furan rings is 1. The van der Waals surface area contributed by atoms with Crippen LogP contribution in [-0.4, -0.2) is 44.9 Å². The lowest BCUT2D eigenvalue weighted by Crippen LogP contribution is -2.41. The van der Waals surface area contributed by atoms with Crippen LogP contribution in [0.5, 0.6) is 0 Å². The average Bonchev–Trinajstić information content (AvgIpc) is 3.25. The Kier molecular flexibility index (Phi) is 6.94. The fraction of sp³-hybridized carbons (Fsp3) is 0.400. The van der Waals surface area contributed by atoms with Crippen molar-refractivity contribution in [3.8, 4) is 0 Å². The molecule has 2 heterocycles. The van der Waals surface area contributed by atoms with Crippen molar-refractivity contribution in [3.63, 3.8) is 0 Å². The van der Waals surface area contributed by atoms with Crippen LogP contribution in [0.15, 0.2) is 45.9 Å². The molecule has 2 aromatic rings. The first-order valence-electron chi connectivity index (χ1n) is 9.53. The average molecular weight is 475 g/mol. The Morgan fingerprint density at radius 3 is 2.44 bits per heavy atom. The second-order valence-corrected chi connectivity index (χ2v) is 8.95. The fourth-order valence-corrected chi connectivity index (χ4v) is 5.07. The number of piperidine rings is 1. The van der Waals surface area contributed by atoms with Crippen molar-refractivity contribution in [2.45, 2.75) is 30.5 Å². The molecule has 8 nitrogen and oxygen atoms in total. The van der Waals surface area contributed by atoms with Crippen LogP contribution in [0, 0.1) is 5.92 Å². The van der Waals surface area contributed by atoms with Crippen LogP contribution in [0.1, 0.15) is 34.5 Å². The summed E-state index contributed by atoms with van der Waals surface area (Å²) in [5.74, 6) is -2.05. The van der Waals surface area contributed by atoms with Crippen LogP contribution in [0.2, 0.25) is 0 Å². The van der Waals surface area contributed by atoms with Crippen LogP contribution in [0.25, 0.3) is 0 Å². The number of rotatable bonds is 6. The minimum atomic E-state index is -4.82. The molecule has 1 aliphatic heterocycles. The second-order valence-electron chi connectivity index (χ2n) is 7.05. The third-order valence-corrected chi connectivity index (χ3v) is 7.04. The van der Waals surface area contributed by atoms with E-state index < -0.39 is 44.5 Å². The van der Waals surface area contributed by atoms with E-state index in [1.165, 1.54) is 25.5 Å². The summed E-state index contributed by atoms with van der Waals surface area (Å²) in [4.78, 5) is 23.1. The largest absolute Gasteiger partial charge is 0.463 e. The molecule has 0 spiro atoms. The number of carbonyl (C=O) groups excluding carboxylic acids is 2. The van der Waals surface area contributed by atoms with E-state index >= 15 is 0 Å². The standard InChI is InChI=1S/C20H20F3NO7S/c1-29-19(26)17-14(8-11-30-17)12-31-18(25)13-6-9-24(10-7-13)32(27,28)16-5-3-2-4-15(16)20(21,22)23/h2-5,8,11,13H,6-7,9-10,12H2,1H3. The van der Waals surface area contributed by atoms with Crippen LogP contribution in [0.4, 0.5) is 13.2 Å². The third-order valence-electron chi connectivity index (χ3n) is 5.09. The molecule has 32 heavy (non-hydrogen) atoms. The molecule has 0 saturated carbocycles. The number of nitrogens with zero attached hydrogens (tertiary/aromatic N) is 1. The van der Waals surface area contributed by atoms with Gasteiger partial charge in [0.25, 0.3) is 0 Å². The van der Waals surface area contributed by atoms with Crippen LogP contribution in [-0.2, 0) is 37.1 Å². The van der Waals surface area contributed by atoms with Crippen LogP contribution >= 0.6 is 0 Å². The van der Waals surface area contributed by atoms with Crippen molar-refractivity contribution in [1.29, 1.82) is 0 Å². The second kappa shape index (κ2) is 9.33. The third kappa shape index (κ3) is 4.96. The number of methoxy groups -OCH3 is 1. The molecule has 174 valence electrons. The lowest BCUT2D eigenvalue weighted by atomic mass is 9.98. The Balaban J connectivity index is 1.62. The Hall–Kier alpha value is -2.86. The first-order valence-corrected chi connectivity index (χ1v) is 11.0. The number of ether oxygens (including phenoxy) is 2. The van der Waals surface area contributed by atoms with E-state index in [0.717, 1.165) is 22.5 Å². The van der Waals surface area contributed by atoms with Crippen molar-refractivity contribution in [2.24, 2.45) is 5.92 Å². The molecule has 12 heteroatoms. The van der Waals surface area contributed by atoms with E-state index in [1.54, 1.807) is 0 Å². The summed E-state index contributed by atoms with van der Waals surface area (Å²) < 4.78 is 81.0. The van der Waals surface area contributed by atoms with Gasteiger partial charge in [-0.3, -0.25) is 4.79 Å². The topological polar surface area (TPSA) is 103 Å². The Morgan fingerprint density at radius 2 is 1.81 bits per heavy atom. The Bertz CT molecular complexity index is 1090. The maximum absolute atomic E-state index is 13.2. The van der Waals surface area contributed by atoms with Gasteiger partial charge in [0.15, 0.2) is 0 Å². The zero-order valence-corrected chi connectivity index (χ0v) is 17.7. The van der Waals surface area contributed by atoms with E-state index in [-0.39, 0.29) is 38.3 Å². The van der Waals surface area contributed by atoms with E-state index in [1.807, 2.05) is 0 Å². The normalized spacial score (nSPS) is 16.0. The van der Waals surface area contributed by atoms with E-state index in [4.69, 9.17) is 9.15 Å². The lowest BCUT2D eigenvalue weighted by Gasteiger charge is -2.30. The predicted molar refractivity (Wildman–Crippen MR) is 103 cm³/mol. The smallest absolute Gasteiger partial charge is 0.417 e. The van der Waals surface area contributed by atoms with E-state index in [0.29, 0.717) is 5.56 Å². The molecule has 1 aromatic heterocycles.